The van der Waals surface area contributed by atoms with Crippen LogP contribution in [0.5, 0.6) is 5.75 Å². The zero-order chi connectivity index (χ0) is 10.8. The Kier molecular flexibility index (Phi) is 2.37. The summed E-state index contributed by atoms with van der Waals surface area (Å²) in [5, 5.41) is 6.32. The molecule has 5 heteroatoms. The molecule has 0 amide bonds. The first-order chi connectivity index (χ1) is 7.24. The second kappa shape index (κ2) is 3.68. The van der Waals surface area contributed by atoms with Gasteiger partial charge in [-0.3, -0.25) is 5.10 Å². The van der Waals surface area contributed by atoms with Gasteiger partial charge in [-0.1, -0.05) is 0 Å². The Labute approximate surface area is 84.7 Å². The van der Waals surface area contributed by atoms with E-state index in [2.05, 4.69) is 10.2 Å². The van der Waals surface area contributed by atoms with Crippen LogP contribution in [-0.4, -0.2) is 17.3 Å². The van der Waals surface area contributed by atoms with E-state index < -0.39 is 11.6 Å². The number of nitrogens with zero attached hydrogens (tertiary/aromatic N) is 1. The van der Waals surface area contributed by atoms with Gasteiger partial charge in [-0.25, -0.2) is 4.39 Å². The number of methoxy groups -OCH3 is 1. The normalized spacial score (nSPS) is 10.3. The molecule has 0 bridgehead atoms. The third-order valence-electron chi connectivity index (χ3n) is 2.06. The van der Waals surface area contributed by atoms with Gasteiger partial charge in [-0.05, 0) is 12.1 Å². The maximum Gasteiger partial charge on any atom is 0.201 e. The van der Waals surface area contributed by atoms with E-state index in [1.165, 1.54) is 19.4 Å². The molecule has 2 rings (SSSR count). The standard InChI is InChI=1S/C10H8F2N2O/c1-15-10-7(6-4-13-14-5-6)2-3-8(11)9(10)12/h2-5H,1H3,(H,13,14). The minimum Gasteiger partial charge on any atom is -0.493 e. The molecule has 0 fully saturated rings. The largest absolute Gasteiger partial charge is 0.493 e. The fraction of sp³-hybridized carbons (Fsp3) is 0.100. The Morgan fingerprint density at radius 2 is 2.13 bits per heavy atom. The molecule has 0 radical (unpaired) electrons. The molecule has 15 heavy (non-hydrogen) atoms. The minimum absolute atomic E-state index is 0.114. The fourth-order valence-corrected chi connectivity index (χ4v) is 1.36. The number of rotatable bonds is 2. The smallest absolute Gasteiger partial charge is 0.201 e. The van der Waals surface area contributed by atoms with Gasteiger partial charge >= 0.3 is 0 Å². The van der Waals surface area contributed by atoms with Gasteiger partial charge < -0.3 is 4.74 Å². The van der Waals surface area contributed by atoms with E-state index in [9.17, 15) is 8.78 Å². The molecular formula is C10H8F2N2O. The Morgan fingerprint density at radius 1 is 1.33 bits per heavy atom. The van der Waals surface area contributed by atoms with Gasteiger partial charge in [-0.2, -0.15) is 9.49 Å². The summed E-state index contributed by atoms with van der Waals surface area (Å²) >= 11 is 0. The van der Waals surface area contributed by atoms with Gasteiger partial charge in [0.2, 0.25) is 5.82 Å². The average Bonchev–Trinajstić information content (AvgIpc) is 2.75. The van der Waals surface area contributed by atoms with Gasteiger partial charge in [0.25, 0.3) is 0 Å². The zero-order valence-corrected chi connectivity index (χ0v) is 7.92. The summed E-state index contributed by atoms with van der Waals surface area (Å²) in [6.07, 6.45) is 3.09. The molecule has 0 saturated heterocycles. The van der Waals surface area contributed by atoms with Crippen LogP contribution in [-0.2, 0) is 0 Å². The summed E-state index contributed by atoms with van der Waals surface area (Å²) in [7, 11) is 1.29. The van der Waals surface area contributed by atoms with Crippen LogP contribution in [0.4, 0.5) is 8.78 Å². The van der Waals surface area contributed by atoms with Crippen molar-refractivity contribution in [2.24, 2.45) is 0 Å². The van der Waals surface area contributed by atoms with Crippen molar-refractivity contribution in [3.63, 3.8) is 0 Å². The molecule has 1 N–H and O–H groups in total. The molecule has 2 aromatic rings. The van der Waals surface area contributed by atoms with E-state index in [4.69, 9.17) is 4.74 Å². The molecule has 78 valence electrons. The predicted octanol–water partition coefficient (Wildman–Crippen LogP) is 2.36. The van der Waals surface area contributed by atoms with Crippen molar-refractivity contribution in [1.82, 2.24) is 10.2 Å². The lowest BCUT2D eigenvalue weighted by molar-refractivity contribution is 0.373. The maximum atomic E-state index is 13.3. The van der Waals surface area contributed by atoms with Crippen LogP contribution in [0.25, 0.3) is 11.1 Å². The predicted molar refractivity (Wildman–Crippen MR) is 50.5 cm³/mol. The highest BCUT2D eigenvalue weighted by Crippen LogP contribution is 2.32. The summed E-state index contributed by atoms with van der Waals surface area (Å²) < 4.78 is 31.1. The monoisotopic (exact) mass is 210 g/mol. The molecular weight excluding hydrogens is 202 g/mol. The van der Waals surface area contributed by atoms with Crippen LogP contribution >= 0.6 is 0 Å². The number of nitrogens with one attached hydrogen (secondary N) is 1. The van der Waals surface area contributed by atoms with E-state index in [1.807, 2.05) is 0 Å². The van der Waals surface area contributed by atoms with Crippen molar-refractivity contribution >= 4 is 0 Å². The third-order valence-corrected chi connectivity index (χ3v) is 2.06. The van der Waals surface area contributed by atoms with Gasteiger partial charge in [0, 0.05) is 17.3 Å². The third kappa shape index (κ3) is 1.56. The Morgan fingerprint density at radius 3 is 2.73 bits per heavy atom. The molecule has 0 atom stereocenters. The minimum atomic E-state index is -0.990. The number of aromatic nitrogens is 2. The lowest BCUT2D eigenvalue weighted by atomic mass is 10.1. The molecule has 3 nitrogen and oxygen atoms in total. The topological polar surface area (TPSA) is 37.9 Å². The van der Waals surface area contributed by atoms with Gasteiger partial charge in [0.1, 0.15) is 0 Å². The highest BCUT2D eigenvalue weighted by atomic mass is 19.2. The molecule has 0 aliphatic rings. The number of ether oxygens (including phenoxy) is 1. The number of benzene rings is 1. The van der Waals surface area contributed by atoms with Crippen LogP contribution in [0.2, 0.25) is 0 Å². The lowest BCUT2D eigenvalue weighted by Crippen LogP contribution is -1.94. The highest BCUT2D eigenvalue weighted by molar-refractivity contribution is 5.69. The lowest BCUT2D eigenvalue weighted by Gasteiger charge is -2.07. The number of hydrogen-bond acceptors (Lipinski definition) is 2. The van der Waals surface area contributed by atoms with Crippen LogP contribution in [0.15, 0.2) is 24.5 Å². The van der Waals surface area contributed by atoms with E-state index in [-0.39, 0.29) is 5.75 Å². The summed E-state index contributed by atoms with van der Waals surface area (Å²) in [6.45, 7) is 0. The van der Waals surface area contributed by atoms with Gasteiger partial charge in [0.05, 0.1) is 13.3 Å². The van der Waals surface area contributed by atoms with E-state index in [1.54, 1.807) is 6.20 Å². The molecule has 0 aliphatic carbocycles. The molecule has 0 spiro atoms. The summed E-state index contributed by atoms with van der Waals surface area (Å²) in [4.78, 5) is 0. The van der Waals surface area contributed by atoms with Crippen molar-refractivity contribution < 1.29 is 13.5 Å². The fourth-order valence-electron chi connectivity index (χ4n) is 1.36. The van der Waals surface area contributed by atoms with Crippen molar-refractivity contribution in [3.8, 4) is 16.9 Å². The number of hydrogen-bond donors (Lipinski definition) is 1. The first kappa shape index (κ1) is 9.64. The molecule has 0 aliphatic heterocycles. The van der Waals surface area contributed by atoms with E-state index >= 15 is 0 Å². The number of aromatic amines is 1. The van der Waals surface area contributed by atoms with Crippen molar-refractivity contribution in [2.45, 2.75) is 0 Å². The first-order valence-electron chi connectivity index (χ1n) is 4.25. The summed E-state index contributed by atoms with van der Waals surface area (Å²) in [5.41, 5.74) is 1.11. The van der Waals surface area contributed by atoms with Crippen molar-refractivity contribution in [2.75, 3.05) is 7.11 Å². The molecule has 1 aromatic carbocycles. The van der Waals surface area contributed by atoms with Crippen molar-refractivity contribution in [1.29, 1.82) is 0 Å². The average molecular weight is 210 g/mol. The second-order valence-electron chi connectivity index (χ2n) is 2.93. The van der Waals surface area contributed by atoms with Crippen LogP contribution < -0.4 is 4.74 Å². The molecule has 0 saturated carbocycles. The quantitative estimate of drug-likeness (QED) is 0.826. The van der Waals surface area contributed by atoms with Crippen molar-refractivity contribution in [3.05, 3.63) is 36.2 Å². The Hall–Kier alpha value is -1.91. The highest BCUT2D eigenvalue weighted by Gasteiger charge is 2.15. The van der Waals surface area contributed by atoms with Crippen LogP contribution in [0.3, 0.4) is 0 Å². The molecule has 1 aromatic heterocycles. The number of halogens is 2. The van der Waals surface area contributed by atoms with Gasteiger partial charge in [-0.15, -0.1) is 0 Å². The second-order valence-corrected chi connectivity index (χ2v) is 2.93. The number of H-pyrrole nitrogens is 1. The van der Waals surface area contributed by atoms with Crippen LogP contribution in [0, 0.1) is 11.6 Å². The maximum absolute atomic E-state index is 13.3. The van der Waals surface area contributed by atoms with Crippen LogP contribution in [0.1, 0.15) is 0 Å². The molecule has 1 heterocycles. The SMILES string of the molecule is COc1c(-c2cn[nH]c2)ccc(F)c1F. The molecule has 0 unspecified atom stereocenters. The summed E-state index contributed by atoms with van der Waals surface area (Å²) in [6, 6.07) is 2.50. The zero-order valence-electron chi connectivity index (χ0n) is 7.92. The Balaban J connectivity index is 2.62. The van der Waals surface area contributed by atoms with E-state index in [0.717, 1.165) is 6.07 Å². The first-order valence-corrected chi connectivity index (χ1v) is 4.25. The van der Waals surface area contributed by atoms with Gasteiger partial charge in [0.15, 0.2) is 11.6 Å². The van der Waals surface area contributed by atoms with E-state index in [0.29, 0.717) is 11.1 Å². The summed E-state index contributed by atoms with van der Waals surface area (Å²) in [5.74, 6) is -2.04. The Bertz CT molecular complexity index is 469.